The van der Waals surface area contributed by atoms with Crippen molar-refractivity contribution in [3.05, 3.63) is 0 Å². The molecule has 0 amide bonds. The maximum atomic E-state index is 11.7. The average molecular weight is 298 g/mol. The summed E-state index contributed by atoms with van der Waals surface area (Å²) in [6, 6.07) is 0. The molecule has 2 rings (SSSR count). The zero-order valence-corrected chi connectivity index (χ0v) is 12.7. The highest BCUT2D eigenvalue weighted by atomic mass is 16.8. The molecule has 0 saturated heterocycles. The van der Waals surface area contributed by atoms with Crippen molar-refractivity contribution in [3.8, 4) is 0 Å². The van der Waals surface area contributed by atoms with Crippen LogP contribution in [0, 0.1) is 11.8 Å². The summed E-state index contributed by atoms with van der Waals surface area (Å²) >= 11 is 0. The van der Waals surface area contributed by atoms with Crippen LogP contribution in [0.25, 0.3) is 0 Å². The zero-order valence-electron chi connectivity index (χ0n) is 12.7. The molecule has 2 saturated carbocycles. The van der Waals surface area contributed by atoms with Gasteiger partial charge < -0.3 is 14.2 Å². The second kappa shape index (κ2) is 9.03. The Morgan fingerprint density at radius 2 is 1.05 bits per heavy atom. The van der Waals surface area contributed by atoms with Crippen LogP contribution in [0.1, 0.15) is 64.2 Å². The van der Waals surface area contributed by atoms with E-state index in [1.807, 2.05) is 0 Å². The number of esters is 2. The van der Waals surface area contributed by atoms with E-state index < -0.39 is 0 Å². The molecule has 0 bridgehead atoms. The normalized spacial score (nSPS) is 21.0. The van der Waals surface area contributed by atoms with Crippen LogP contribution in [0.3, 0.4) is 0 Å². The molecule has 0 aliphatic heterocycles. The molecule has 0 radical (unpaired) electrons. The van der Waals surface area contributed by atoms with Gasteiger partial charge in [-0.2, -0.15) is 0 Å². The third-order valence-electron chi connectivity index (χ3n) is 4.45. The van der Waals surface area contributed by atoms with Crippen LogP contribution in [0.15, 0.2) is 0 Å². The molecule has 2 aliphatic carbocycles. The number of carbonyl (C=O) groups excluding carboxylic acids is 2. The molecular formula is C16H26O5. The first-order chi connectivity index (χ1) is 10.3. The fourth-order valence-electron chi connectivity index (χ4n) is 3.15. The largest absolute Gasteiger partial charge is 0.438 e. The molecule has 0 aromatic rings. The molecule has 5 nitrogen and oxygen atoms in total. The van der Waals surface area contributed by atoms with Crippen LogP contribution >= 0.6 is 0 Å². The molecule has 0 heterocycles. The molecule has 0 aromatic heterocycles. The fourth-order valence-corrected chi connectivity index (χ4v) is 3.15. The highest BCUT2D eigenvalue weighted by Crippen LogP contribution is 2.25. The minimum Gasteiger partial charge on any atom is -0.438 e. The van der Waals surface area contributed by atoms with Gasteiger partial charge in [-0.1, -0.05) is 38.5 Å². The molecule has 2 fully saturated rings. The molecule has 0 spiro atoms. The Morgan fingerprint density at radius 1 is 0.667 bits per heavy atom. The van der Waals surface area contributed by atoms with Gasteiger partial charge in [-0.05, 0) is 25.7 Å². The first-order valence-corrected chi connectivity index (χ1v) is 8.18. The summed E-state index contributed by atoms with van der Waals surface area (Å²) in [5.74, 6) is -0.333. The van der Waals surface area contributed by atoms with Gasteiger partial charge in [0.1, 0.15) is 0 Å². The number of hydrogen-bond donors (Lipinski definition) is 0. The van der Waals surface area contributed by atoms with E-state index in [4.69, 9.17) is 14.2 Å². The lowest BCUT2D eigenvalue weighted by Crippen LogP contribution is -2.23. The van der Waals surface area contributed by atoms with Gasteiger partial charge in [0.15, 0.2) is 13.6 Å². The number of carbonyl (C=O) groups is 2. The van der Waals surface area contributed by atoms with Gasteiger partial charge in [0.2, 0.25) is 0 Å². The third kappa shape index (κ3) is 5.65. The Morgan fingerprint density at radius 3 is 1.43 bits per heavy atom. The van der Waals surface area contributed by atoms with Crippen molar-refractivity contribution < 1.29 is 23.8 Å². The summed E-state index contributed by atoms with van der Waals surface area (Å²) < 4.78 is 15.2. The van der Waals surface area contributed by atoms with Crippen LogP contribution < -0.4 is 0 Å². The van der Waals surface area contributed by atoms with Crippen molar-refractivity contribution in [2.75, 3.05) is 13.6 Å². The predicted molar refractivity (Wildman–Crippen MR) is 76.2 cm³/mol. The van der Waals surface area contributed by atoms with Gasteiger partial charge in [-0.15, -0.1) is 0 Å². The SMILES string of the molecule is O=C(OCOCOC(=O)C1CCCCC1)C1CCCCC1. The molecule has 120 valence electrons. The molecule has 2 aliphatic rings. The topological polar surface area (TPSA) is 61.8 Å². The van der Waals surface area contributed by atoms with Gasteiger partial charge in [-0.3, -0.25) is 9.59 Å². The Kier molecular flexibility index (Phi) is 7.00. The summed E-state index contributed by atoms with van der Waals surface area (Å²) in [4.78, 5) is 23.5. The second-order valence-corrected chi connectivity index (χ2v) is 6.04. The summed E-state index contributed by atoms with van der Waals surface area (Å²) in [7, 11) is 0. The lowest BCUT2D eigenvalue weighted by atomic mass is 9.89. The lowest BCUT2D eigenvalue weighted by Gasteiger charge is -2.20. The van der Waals surface area contributed by atoms with Gasteiger partial charge in [0, 0.05) is 0 Å². The summed E-state index contributed by atoms with van der Waals surface area (Å²) in [5, 5.41) is 0. The Bertz CT molecular complexity index is 298. The van der Waals surface area contributed by atoms with E-state index in [2.05, 4.69) is 0 Å². The molecule has 0 unspecified atom stereocenters. The molecule has 0 atom stereocenters. The van der Waals surface area contributed by atoms with Crippen LogP contribution in [-0.4, -0.2) is 25.5 Å². The zero-order chi connectivity index (χ0) is 14.9. The minimum absolute atomic E-state index is 0.0205. The summed E-state index contributed by atoms with van der Waals surface area (Å²) in [5.41, 5.74) is 0. The predicted octanol–water partition coefficient (Wildman–Crippen LogP) is 3.17. The van der Waals surface area contributed by atoms with E-state index in [0.29, 0.717) is 0 Å². The molecule has 0 N–H and O–H groups in total. The van der Waals surface area contributed by atoms with E-state index in [9.17, 15) is 9.59 Å². The van der Waals surface area contributed by atoms with Crippen LogP contribution in [-0.2, 0) is 23.8 Å². The summed E-state index contributed by atoms with van der Waals surface area (Å²) in [6.45, 7) is -0.263. The number of rotatable bonds is 6. The van der Waals surface area contributed by atoms with Crippen molar-refractivity contribution >= 4 is 11.9 Å². The van der Waals surface area contributed by atoms with Gasteiger partial charge >= 0.3 is 11.9 Å². The highest BCUT2D eigenvalue weighted by molar-refractivity contribution is 5.72. The smallest absolute Gasteiger partial charge is 0.311 e. The van der Waals surface area contributed by atoms with Crippen molar-refractivity contribution in [3.63, 3.8) is 0 Å². The van der Waals surface area contributed by atoms with E-state index in [0.717, 1.165) is 51.4 Å². The highest BCUT2D eigenvalue weighted by Gasteiger charge is 2.23. The van der Waals surface area contributed by atoms with Crippen LogP contribution in [0.4, 0.5) is 0 Å². The van der Waals surface area contributed by atoms with Crippen molar-refractivity contribution in [2.45, 2.75) is 64.2 Å². The second-order valence-electron chi connectivity index (χ2n) is 6.04. The van der Waals surface area contributed by atoms with Crippen LogP contribution in [0.5, 0.6) is 0 Å². The van der Waals surface area contributed by atoms with E-state index >= 15 is 0 Å². The minimum atomic E-state index is -0.187. The lowest BCUT2D eigenvalue weighted by molar-refractivity contribution is -0.182. The summed E-state index contributed by atoms with van der Waals surface area (Å²) in [6.07, 6.45) is 10.4. The van der Waals surface area contributed by atoms with Crippen LogP contribution in [0.2, 0.25) is 0 Å². The fraction of sp³-hybridized carbons (Fsp3) is 0.875. The third-order valence-corrected chi connectivity index (χ3v) is 4.45. The standard InChI is InChI=1S/C16H26O5/c17-15(13-7-3-1-4-8-13)20-11-19-12-21-16(18)14-9-5-2-6-10-14/h13-14H,1-12H2. The van der Waals surface area contributed by atoms with E-state index in [1.54, 1.807) is 0 Å². The van der Waals surface area contributed by atoms with E-state index in [-0.39, 0.29) is 37.4 Å². The average Bonchev–Trinajstić information content (AvgIpc) is 2.55. The monoisotopic (exact) mass is 298 g/mol. The maximum absolute atomic E-state index is 11.7. The van der Waals surface area contributed by atoms with Gasteiger partial charge in [0.25, 0.3) is 0 Å². The van der Waals surface area contributed by atoms with Crippen molar-refractivity contribution in [1.82, 2.24) is 0 Å². The van der Waals surface area contributed by atoms with Gasteiger partial charge in [-0.25, -0.2) is 0 Å². The Balaban J connectivity index is 1.51. The van der Waals surface area contributed by atoms with Crippen molar-refractivity contribution in [2.24, 2.45) is 11.8 Å². The molecule has 5 heteroatoms. The quantitative estimate of drug-likeness (QED) is 0.428. The maximum Gasteiger partial charge on any atom is 0.311 e. The number of ether oxygens (including phenoxy) is 3. The number of hydrogen-bond acceptors (Lipinski definition) is 5. The first kappa shape index (κ1) is 16.3. The Labute approximate surface area is 126 Å². The van der Waals surface area contributed by atoms with Gasteiger partial charge in [0.05, 0.1) is 11.8 Å². The Hall–Kier alpha value is -1.10. The molecular weight excluding hydrogens is 272 g/mol. The molecule has 0 aromatic carbocycles. The molecule has 21 heavy (non-hydrogen) atoms. The first-order valence-electron chi connectivity index (χ1n) is 8.18. The van der Waals surface area contributed by atoms with Crippen molar-refractivity contribution in [1.29, 1.82) is 0 Å². The van der Waals surface area contributed by atoms with E-state index in [1.165, 1.54) is 12.8 Å².